The third-order valence-corrected chi connectivity index (χ3v) is 5.24. The molecule has 31 heavy (non-hydrogen) atoms. The first kappa shape index (κ1) is 24.6. The lowest BCUT2D eigenvalue weighted by Gasteiger charge is -2.32. The number of hydrogen-bond donors (Lipinski definition) is 2. The van der Waals surface area contributed by atoms with E-state index >= 15 is 0 Å². The Morgan fingerprint density at radius 3 is 2.52 bits per heavy atom. The molecule has 1 aromatic rings. The Kier molecular flexibility index (Phi) is 7.64. The van der Waals surface area contributed by atoms with Gasteiger partial charge in [-0.2, -0.15) is 0 Å². The number of pyridine rings is 1. The number of likely N-dealkylation sites (N-methyl/N-ethyl adjacent to an activating group) is 1. The van der Waals surface area contributed by atoms with E-state index in [4.69, 9.17) is 4.74 Å². The van der Waals surface area contributed by atoms with Gasteiger partial charge < -0.3 is 15.2 Å². The Labute approximate surface area is 183 Å². The van der Waals surface area contributed by atoms with E-state index in [9.17, 15) is 19.5 Å². The maximum absolute atomic E-state index is 13.4. The number of ether oxygens (including phenoxy) is 1. The second kappa shape index (κ2) is 9.64. The third kappa shape index (κ3) is 5.72. The van der Waals surface area contributed by atoms with Crippen molar-refractivity contribution in [3.8, 4) is 0 Å². The van der Waals surface area contributed by atoms with Gasteiger partial charge in [-0.3, -0.25) is 19.4 Å². The molecule has 0 fully saturated rings. The largest absolute Gasteiger partial charge is 0.444 e. The van der Waals surface area contributed by atoms with Crippen LogP contribution in [0, 0.1) is 5.92 Å². The minimum absolute atomic E-state index is 0.210. The summed E-state index contributed by atoms with van der Waals surface area (Å²) in [4.78, 5) is 45.6. The van der Waals surface area contributed by atoms with Crippen LogP contribution in [-0.2, 0) is 20.7 Å². The van der Waals surface area contributed by atoms with Gasteiger partial charge in [0.15, 0.2) is 0 Å². The van der Waals surface area contributed by atoms with Crippen molar-refractivity contribution in [3.63, 3.8) is 0 Å². The zero-order valence-electron chi connectivity index (χ0n) is 19.4. The molecule has 172 valence electrons. The molecule has 1 unspecified atom stereocenters. The summed E-state index contributed by atoms with van der Waals surface area (Å²) in [6.45, 7) is 10.3. The van der Waals surface area contributed by atoms with E-state index in [0.717, 1.165) is 5.56 Å². The number of rotatable bonds is 6. The molecule has 0 spiro atoms. The van der Waals surface area contributed by atoms with E-state index in [2.05, 4.69) is 10.3 Å². The molecule has 1 aliphatic heterocycles. The molecule has 2 heterocycles. The van der Waals surface area contributed by atoms with E-state index in [1.54, 1.807) is 40.0 Å². The van der Waals surface area contributed by atoms with E-state index < -0.39 is 35.7 Å². The number of nitrogens with one attached hydrogen (secondary N) is 1. The Balaban J connectivity index is 2.18. The fourth-order valence-electron chi connectivity index (χ4n) is 3.36. The predicted octanol–water partition coefficient (Wildman–Crippen LogP) is 1.73. The molecule has 0 saturated heterocycles. The van der Waals surface area contributed by atoms with Crippen LogP contribution in [0.4, 0.5) is 10.6 Å². The monoisotopic (exact) mass is 434 g/mol. The molecule has 3 amide bonds. The number of aliphatic hydroxyl groups is 1. The molecule has 2 N–H and O–H groups in total. The average Bonchev–Trinajstić information content (AvgIpc) is 3.07. The normalized spacial score (nSPS) is 17.7. The van der Waals surface area contributed by atoms with Crippen molar-refractivity contribution in [1.29, 1.82) is 0 Å². The molecule has 3 atom stereocenters. The highest BCUT2D eigenvalue weighted by Crippen LogP contribution is 2.31. The summed E-state index contributed by atoms with van der Waals surface area (Å²) < 4.78 is 5.32. The first-order chi connectivity index (χ1) is 14.4. The maximum atomic E-state index is 13.4. The second-order valence-corrected chi connectivity index (χ2v) is 9.23. The quantitative estimate of drug-likeness (QED) is 0.705. The molecule has 9 heteroatoms. The maximum Gasteiger partial charge on any atom is 0.410 e. The van der Waals surface area contributed by atoms with E-state index in [1.165, 1.54) is 16.8 Å². The second-order valence-electron chi connectivity index (χ2n) is 9.23. The molecule has 0 radical (unpaired) electrons. The molecule has 2 rings (SSSR count). The highest BCUT2D eigenvalue weighted by molar-refractivity contribution is 6.01. The zero-order valence-corrected chi connectivity index (χ0v) is 19.4. The van der Waals surface area contributed by atoms with Gasteiger partial charge >= 0.3 is 6.09 Å². The van der Waals surface area contributed by atoms with Crippen molar-refractivity contribution in [1.82, 2.24) is 15.2 Å². The fourth-order valence-corrected chi connectivity index (χ4v) is 3.36. The molecule has 0 aromatic carbocycles. The molecule has 1 aromatic heterocycles. The van der Waals surface area contributed by atoms with Crippen LogP contribution in [0.25, 0.3) is 0 Å². The zero-order chi connectivity index (χ0) is 23.5. The van der Waals surface area contributed by atoms with Gasteiger partial charge in [0, 0.05) is 13.2 Å². The van der Waals surface area contributed by atoms with Gasteiger partial charge in [0.05, 0.1) is 12.6 Å². The first-order valence-corrected chi connectivity index (χ1v) is 10.5. The summed E-state index contributed by atoms with van der Waals surface area (Å²) in [6.07, 6.45) is 1.47. The van der Waals surface area contributed by atoms with Crippen LogP contribution < -0.4 is 10.2 Å². The average molecular weight is 435 g/mol. The van der Waals surface area contributed by atoms with Crippen LogP contribution in [0.15, 0.2) is 18.3 Å². The lowest BCUT2D eigenvalue weighted by Crippen LogP contribution is -2.57. The molecular formula is C22H34N4O5. The summed E-state index contributed by atoms with van der Waals surface area (Å²) in [5.74, 6) is -0.527. The third-order valence-electron chi connectivity index (χ3n) is 5.24. The summed E-state index contributed by atoms with van der Waals surface area (Å²) >= 11 is 0. The van der Waals surface area contributed by atoms with Gasteiger partial charge in [-0.15, -0.1) is 0 Å². The first-order valence-electron chi connectivity index (χ1n) is 10.5. The number of carbonyl (C=O) groups is 3. The van der Waals surface area contributed by atoms with Crippen LogP contribution in [0.5, 0.6) is 0 Å². The van der Waals surface area contributed by atoms with Crippen molar-refractivity contribution < 1.29 is 24.2 Å². The smallest absolute Gasteiger partial charge is 0.410 e. The standard InChI is InChI=1S/C22H34N4O5/c1-13(2)17(24-19(28)14(3)25(7)21(30)31-22(4,5)6)20(29)26-16(12-27)11-15-9-8-10-23-18(15)26/h8-10,13-14,16-17,27H,11-12H2,1-7H3,(H,24,28)/t14-,16?,17-/m0/s1. The van der Waals surface area contributed by atoms with Gasteiger partial charge in [-0.25, -0.2) is 9.78 Å². The summed E-state index contributed by atoms with van der Waals surface area (Å²) in [5, 5.41) is 12.6. The highest BCUT2D eigenvalue weighted by atomic mass is 16.6. The van der Waals surface area contributed by atoms with Crippen molar-refractivity contribution in [2.45, 2.75) is 71.7 Å². The fraction of sp³-hybridized carbons (Fsp3) is 0.636. The molecule has 1 aliphatic rings. The summed E-state index contributed by atoms with van der Waals surface area (Å²) in [7, 11) is 1.48. The lowest BCUT2D eigenvalue weighted by molar-refractivity contribution is -0.131. The van der Waals surface area contributed by atoms with Gasteiger partial charge in [0.1, 0.15) is 23.5 Å². The number of hydrogen-bond acceptors (Lipinski definition) is 6. The van der Waals surface area contributed by atoms with Gasteiger partial charge in [-0.05, 0) is 51.7 Å². The van der Waals surface area contributed by atoms with Crippen LogP contribution in [0.1, 0.15) is 47.1 Å². The number of fused-ring (bicyclic) bond motifs is 1. The predicted molar refractivity (Wildman–Crippen MR) is 117 cm³/mol. The Bertz CT molecular complexity index is 820. The van der Waals surface area contributed by atoms with Crippen LogP contribution >= 0.6 is 0 Å². The highest BCUT2D eigenvalue weighted by Gasteiger charge is 2.40. The molecule has 0 bridgehead atoms. The van der Waals surface area contributed by atoms with Gasteiger partial charge in [0.2, 0.25) is 5.91 Å². The number of carbonyl (C=O) groups excluding carboxylic acids is 3. The lowest BCUT2D eigenvalue weighted by atomic mass is 10.0. The number of nitrogens with zero attached hydrogens (tertiary/aromatic N) is 3. The summed E-state index contributed by atoms with van der Waals surface area (Å²) in [6, 6.07) is 1.54. The van der Waals surface area contributed by atoms with E-state index in [-0.39, 0.29) is 18.4 Å². The Morgan fingerprint density at radius 2 is 1.97 bits per heavy atom. The minimum atomic E-state index is -0.846. The Hall–Kier alpha value is -2.68. The van der Waals surface area contributed by atoms with Gasteiger partial charge in [-0.1, -0.05) is 19.9 Å². The van der Waals surface area contributed by atoms with Crippen LogP contribution in [0.2, 0.25) is 0 Å². The minimum Gasteiger partial charge on any atom is -0.444 e. The van der Waals surface area contributed by atoms with E-state index in [1.807, 2.05) is 19.9 Å². The SMILES string of the molecule is CC(C)[C@H](NC(=O)[C@H](C)N(C)C(=O)OC(C)(C)C)C(=O)N1c2ncccc2CC1CO. The molecular weight excluding hydrogens is 400 g/mol. The molecule has 0 saturated carbocycles. The van der Waals surface area contributed by atoms with Crippen molar-refractivity contribution in [3.05, 3.63) is 23.9 Å². The van der Waals surface area contributed by atoms with Crippen molar-refractivity contribution >= 4 is 23.7 Å². The van der Waals surface area contributed by atoms with Gasteiger partial charge in [0.25, 0.3) is 5.91 Å². The van der Waals surface area contributed by atoms with Crippen LogP contribution in [-0.4, -0.2) is 70.3 Å². The number of aliphatic hydroxyl groups excluding tert-OH is 1. The number of aromatic nitrogens is 1. The topological polar surface area (TPSA) is 112 Å². The summed E-state index contributed by atoms with van der Waals surface area (Å²) in [5.41, 5.74) is 0.190. The van der Waals surface area contributed by atoms with Crippen molar-refractivity contribution in [2.24, 2.45) is 5.92 Å². The van der Waals surface area contributed by atoms with E-state index in [0.29, 0.717) is 12.2 Å². The van der Waals surface area contributed by atoms with Crippen molar-refractivity contribution in [2.75, 3.05) is 18.6 Å². The Morgan fingerprint density at radius 1 is 1.32 bits per heavy atom. The number of anilines is 1. The van der Waals surface area contributed by atoms with Crippen LogP contribution in [0.3, 0.4) is 0 Å². The molecule has 9 nitrogen and oxygen atoms in total. The molecule has 0 aliphatic carbocycles. The number of amides is 3.